The van der Waals surface area contributed by atoms with Gasteiger partial charge in [0.1, 0.15) is 12.9 Å². The summed E-state index contributed by atoms with van der Waals surface area (Å²) in [6.45, 7) is 3.51. The SMILES string of the molecule is CN(C)C(=O)OC[C@H](c1ccc(Cl)c(-c2ncn[nH]2)c1)N(C(=N)NCCC(C)(C)C)C(=O)c1ccc(-c2cnn(C(F)F)c2)cc1. The molecule has 244 valence electrons. The minimum absolute atomic E-state index is 0.0428. The molecule has 2 heterocycles. The molecule has 0 spiro atoms. The van der Waals surface area contributed by atoms with Crippen molar-refractivity contribution < 1.29 is 23.1 Å². The van der Waals surface area contributed by atoms with Crippen molar-refractivity contribution in [2.24, 2.45) is 5.41 Å². The smallest absolute Gasteiger partial charge is 0.409 e. The number of nitrogens with zero attached hydrogens (tertiary/aromatic N) is 6. The lowest BCUT2D eigenvalue weighted by molar-refractivity contribution is 0.0566. The van der Waals surface area contributed by atoms with Crippen LogP contribution in [-0.4, -0.2) is 80.0 Å². The molecule has 2 aromatic heterocycles. The van der Waals surface area contributed by atoms with Crippen LogP contribution in [0.3, 0.4) is 0 Å². The highest BCUT2D eigenvalue weighted by molar-refractivity contribution is 6.33. The Morgan fingerprint density at radius 1 is 1.13 bits per heavy atom. The average Bonchev–Trinajstić information content (AvgIpc) is 3.72. The molecule has 2 aromatic carbocycles. The Morgan fingerprint density at radius 2 is 1.85 bits per heavy atom. The summed E-state index contributed by atoms with van der Waals surface area (Å²) < 4.78 is 32.2. The molecule has 2 amide bonds. The molecule has 0 saturated carbocycles. The highest BCUT2D eigenvalue weighted by Gasteiger charge is 2.32. The van der Waals surface area contributed by atoms with Crippen LogP contribution in [0.15, 0.2) is 61.2 Å². The van der Waals surface area contributed by atoms with Crippen LogP contribution in [0.25, 0.3) is 22.5 Å². The molecule has 0 aliphatic heterocycles. The number of rotatable bonds is 10. The maximum atomic E-state index is 14.3. The number of H-pyrrole nitrogens is 1. The summed E-state index contributed by atoms with van der Waals surface area (Å²) in [7, 11) is 3.07. The first-order chi connectivity index (χ1) is 21.7. The number of aromatic nitrogens is 5. The molecular weight excluding hydrogens is 620 g/mol. The normalized spacial score (nSPS) is 12.1. The number of hydrogen-bond donors (Lipinski definition) is 3. The predicted octanol–water partition coefficient (Wildman–Crippen LogP) is 6.23. The van der Waals surface area contributed by atoms with Crippen LogP contribution in [0.5, 0.6) is 0 Å². The number of benzene rings is 2. The van der Waals surface area contributed by atoms with Crippen molar-refractivity contribution >= 4 is 29.6 Å². The number of hydrogen-bond acceptors (Lipinski definition) is 7. The molecule has 0 aliphatic carbocycles. The Bertz CT molecular complexity index is 1650. The number of halogens is 3. The molecule has 0 saturated heterocycles. The Kier molecular flexibility index (Phi) is 10.7. The minimum Gasteiger partial charge on any atom is -0.447 e. The summed E-state index contributed by atoms with van der Waals surface area (Å²) in [6, 6.07) is 10.3. The highest BCUT2D eigenvalue weighted by Crippen LogP contribution is 2.32. The van der Waals surface area contributed by atoms with E-state index in [0.717, 1.165) is 0 Å². The fraction of sp³-hybridized carbons (Fsp3) is 0.355. The first-order valence-corrected chi connectivity index (χ1v) is 14.7. The third-order valence-corrected chi connectivity index (χ3v) is 7.31. The first kappa shape index (κ1) is 34.0. The van der Waals surface area contributed by atoms with E-state index < -0.39 is 24.6 Å². The van der Waals surface area contributed by atoms with Gasteiger partial charge in [0.2, 0.25) is 0 Å². The Hall–Kier alpha value is -4.85. The third kappa shape index (κ3) is 8.44. The zero-order valence-corrected chi connectivity index (χ0v) is 26.8. The van der Waals surface area contributed by atoms with Crippen LogP contribution in [0, 0.1) is 10.8 Å². The summed E-state index contributed by atoms with van der Waals surface area (Å²) in [5.74, 6) is -0.387. The van der Waals surface area contributed by atoms with Gasteiger partial charge in [0, 0.05) is 43.5 Å². The first-order valence-electron chi connectivity index (χ1n) is 14.3. The molecule has 0 fully saturated rings. The van der Waals surface area contributed by atoms with Gasteiger partial charge >= 0.3 is 12.6 Å². The zero-order chi connectivity index (χ0) is 33.6. The molecule has 4 aromatic rings. The number of carbonyl (C=O) groups excluding carboxylic acids is 2. The number of amides is 2. The van der Waals surface area contributed by atoms with Crippen molar-refractivity contribution in [2.45, 2.75) is 39.8 Å². The van der Waals surface area contributed by atoms with E-state index in [0.29, 0.717) is 50.7 Å². The van der Waals surface area contributed by atoms with E-state index in [1.165, 1.54) is 54.7 Å². The number of carbonyl (C=O) groups is 2. The number of alkyl halides is 2. The lowest BCUT2D eigenvalue weighted by atomic mass is 9.92. The topological polar surface area (TPSA) is 145 Å². The number of nitrogens with one attached hydrogen (secondary N) is 3. The van der Waals surface area contributed by atoms with Gasteiger partial charge in [0.25, 0.3) is 5.91 Å². The van der Waals surface area contributed by atoms with Gasteiger partial charge < -0.3 is 15.0 Å². The largest absolute Gasteiger partial charge is 0.447 e. The van der Waals surface area contributed by atoms with Crippen LogP contribution in [0.2, 0.25) is 5.02 Å². The van der Waals surface area contributed by atoms with Gasteiger partial charge in [-0.05, 0) is 47.2 Å². The second-order valence-corrected chi connectivity index (χ2v) is 12.3. The fourth-order valence-corrected chi connectivity index (χ4v) is 4.65. The molecule has 0 unspecified atom stereocenters. The monoisotopic (exact) mass is 655 g/mol. The average molecular weight is 656 g/mol. The Labute approximate surface area is 270 Å². The van der Waals surface area contributed by atoms with Gasteiger partial charge in [-0.1, -0.05) is 50.6 Å². The van der Waals surface area contributed by atoms with Gasteiger partial charge in [-0.2, -0.15) is 19.0 Å². The van der Waals surface area contributed by atoms with Gasteiger partial charge in [0.05, 0.1) is 17.3 Å². The number of guanidine groups is 1. The molecule has 12 nitrogen and oxygen atoms in total. The maximum Gasteiger partial charge on any atom is 0.409 e. The summed E-state index contributed by atoms with van der Waals surface area (Å²) in [4.78, 5) is 33.5. The fourth-order valence-electron chi connectivity index (χ4n) is 4.44. The molecule has 0 bridgehead atoms. The quantitative estimate of drug-likeness (QED) is 0.136. The molecule has 15 heteroatoms. The molecule has 46 heavy (non-hydrogen) atoms. The molecule has 0 aliphatic rings. The van der Waals surface area contributed by atoms with E-state index in [1.807, 2.05) is 0 Å². The van der Waals surface area contributed by atoms with Gasteiger partial charge in [-0.3, -0.25) is 20.2 Å². The molecule has 0 radical (unpaired) electrons. The minimum atomic E-state index is -2.78. The molecule has 1 atom stereocenters. The molecule has 3 N–H and O–H groups in total. The Morgan fingerprint density at radius 3 is 2.43 bits per heavy atom. The second kappa shape index (κ2) is 14.5. The van der Waals surface area contributed by atoms with Crippen LogP contribution in [0.1, 0.15) is 55.7 Å². The van der Waals surface area contributed by atoms with E-state index in [9.17, 15) is 18.4 Å². The summed E-state index contributed by atoms with van der Waals surface area (Å²) in [5.41, 5.74) is 2.18. The van der Waals surface area contributed by atoms with Crippen molar-refractivity contribution in [3.63, 3.8) is 0 Å². The van der Waals surface area contributed by atoms with E-state index in [2.05, 4.69) is 46.4 Å². The second-order valence-electron chi connectivity index (χ2n) is 11.9. The van der Waals surface area contributed by atoms with Crippen LogP contribution in [0.4, 0.5) is 13.6 Å². The van der Waals surface area contributed by atoms with Crippen LogP contribution in [-0.2, 0) is 4.74 Å². The van der Waals surface area contributed by atoms with Gasteiger partial charge in [-0.25, -0.2) is 14.5 Å². The maximum absolute atomic E-state index is 14.3. The van der Waals surface area contributed by atoms with Crippen molar-refractivity contribution in [3.05, 3.63) is 77.3 Å². The summed E-state index contributed by atoms with van der Waals surface area (Å²) in [6.07, 6.45) is 3.93. The number of aromatic amines is 1. The van der Waals surface area contributed by atoms with Gasteiger partial charge in [-0.15, -0.1) is 0 Å². The van der Waals surface area contributed by atoms with Gasteiger partial charge in [0.15, 0.2) is 11.8 Å². The van der Waals surface area contributed by atoms with Crippen LogP contribution < -0.4 is 5.32 Å². The van der Waals surface area contributed by atoms with E-state index in [4.69, 9.17) is 21.7 Å². The summed E-state index contributed by atoms with van der Waals surface area (Å²) >= 11 is 6.49. The summed E-state index contributed by atoms with van der Waals surface area (Å²) in [5, 5.41) is 22.8. The lowest BCUT2D eigenvalue weighted by Gasteiger charge is -2.33. The van der Waals surface area contributed by atoms with Crippen LogP contribution >= 0.6 is 11.6 Å². The lowest BCUT2D eigenvalue weighted by Crippen LogP contribution is -2.48. The highest BCUT2D eigenvalue weighted by atomic mass is 35.5. The van der Waals surface area contributed by atoms with E-state index in [-0.39, 0.29) is 23.5 Å². The third-order valence-electron chi connectivity index (χ3n) is 6.98. The van der Waals surface area contributed by atoms with Crippen molar-refractivity contribution in [2.75, 3.05) is 27.2 Å². The standard InChI is InChI=1S/C31H36ClF2N9O3/c1-31(2,3)12-13-36-29(35)43(27(44)20-8-6-19(7-9-20)22-15-39-42(16-22)28(33)34)25(17-46-30(45)41(4)5)21-10-11-24(32)23(14-21)26-37-18-38-40-26/h6-11,14-16,18,25,28H,12-13,17H2,1-5H3,(H2,35,36)(H,37,38,40)/t25-/m1/s1. The van der Waals surface area contributed by atoms with Crippen molar-refractivity contribution in [1.82, 2.24) is 40.1 Å². The van der Waals surface area contributed by atoms with E-state index in [1.54, 1.807) is 30.3 Å². The van der Waals surface area contributed by atoms with E-state index >= 15 is 0 Å². The molecule has 4 rings (SSSR count). The Balaban J connectivity index is 1.75. The predicted molar refractivity (Wildman–Crippen MR) is 169 cm³/mol. The van der Waals surface area contributed by atoms with Crippen molar-refractivity contribution in [1.29, 1.82) is 5.41 Å². The zero-order valence-electron chi connectivity index (χ0n) is 26.1. The molecular formula is C31H36ClF2N9O3. The number of ether oxygens (including phenoxy) is 1. The van der Waals surface area contributed by atoms with Crippen molar-refractivity contribution in [3.8, 4) is 22.5 Å².